The van der Waals surface area contributed by atoms with Crippen molar-refractivity contribution in [1.29, 1.82) is 0 Å². The van der Waals surface area contributed by atoms with E-state index in [-0.39, 0.29) is 5.78 Å². The van der Waals surface area contributed by atoms with Gasteiger partial charge < -0.3 is 9.47 Å². The molecule has 0 bridgehead atoms. The minimum atomic E-state index is 0.0230. The van der Waals surface area contributed by atoms with E-state index in [1.807, 2.05) is 0 Å². The molecule has 0 radical (unpaired) electrons. The first-order chi connectivity index (χ1) is 8.63. The van der Waals surface area contributed by atoms with Gasteiger partial charge in [-0.2, -0.15) is 11.8 Å². The maximum absolute atomic E-state index is 12.1. The summed E-state index contributed by atoms with van der Waals surface area (Å²) in [7, 11) is 3.05. The topological polar surface area (TPSA) is 35.5 Å². The molecule has 0 heterocycles. The van der Waals surface area contributed by atoms with E-state index in [1.165, 1.54) is 14.2 Å². The Kier molecular flexibility index (Phi) is 6.36. The van der Waals surface area contributed by atoms with Gasteiger partial charge in [-0.25, -0.2) is 0 Å². The number of carbonyl (C=O) groups excluding carboxylic acids is 1. The second kappa shape index (κ2) is 7.54. The summed E-state index contributed by atoms with van der Waals surface area (Å²) in [6, 6.07) is 3.24. The predicted octanol–water partition coefficient (Wildman–Crippen LogP) is 3.68. The van der Waals surface area contributed by atoms with Crippen molar-refractivity contribution in [2.75, 3.05) is 25.7 Å². The van der Waals surface area contributed by atoms with Crippen LogP contribution >= 0.6 is 23.4 Å². The number of ether oxygens (including phenoxy) is 2. The number of methoxy groups -OCH3 is 2. The first-order valence-corrected chi connectivity index (χ1v) is 7.19. The first kappa shape index (κ1) is 15.2. The second-order valence-corrected chi connectivity index (χ2v) is 5.18. The molecule has 1 aromatic rings. The monoisotopic (exact) mass is 288 g/mol. The van der Waals surface area contributed by atoms with Gasteiger partial charge in [0.1, 0.15) is 11.5 Å². The molecule has 0 N–H and O–H groups in total. The molecule has 0 aliphatic rings. The Morgan fingerprint density at radius 2 is 1.94 bits per heavy atom. The van der Waals surface area contributed by atoms with Crippen LogP contribution in [0.25, 0.3) is 0 Å². The van der Waals surface area contributed by atoms with Gasteiger partial charge in [0.2, 0.25) is 0 Å². The average molecular weight is 289 g/mol. The van der Waals surface area contributed by atoms with Crippen molar-refractivity contribution in [2.45, 2.75) is 13.3 Å². The lowest BCUT2D eigenvalue weighted by atomic mass is 10.1. The number of hydrogen-bond donors (Lipinski definition) is 0. The molecule has 18 heavy (non-hydrogen) atoms. The van der Waals surface area contributed by atoms with Crippen LogP contribution in [0.2, 0.25) is 5.02 Å². The van der Waals surface area contributed by atoms with Crippen molar-refractivity contribution in [3.63, 3.8) is 0 Å². The fourth-order valence-corrected chi connectivity index (χ4v) is 2.48. The van der Waals surface area contributed by atoms with E-state index in [1.54, 1.807) is 23.9 Å². The summed E-state index contributed by atoms with van der Waals surface area (Å²) in [6.07, 6.45) is 1.05. The zero-order valence-electron chi connectivity index (χ0n) is 10.8. The van der Waals surface area contributed by atoms with Gasteiger partial charge in [0.15, 0.2) is 5.78 Å². The van der Waals surface area contributed by atoms with Crippen LogP contribution in [-0.4, -0.2) is 31.5 Å². The minimum absolute atomic E-state index is 0.0230. The van der Waals surface area contributed by atoms with Crippen LogP contribution in [0, 0.1) is 0 Å². The molecule has 3 nitrogen and oxygen atoms in total. The Labute approximate surface area is 117 Å². The van der Waals surface area contributed by atoms with E-state index < -0.39 is 0 Å². The van der Waals surface area contributed by atoms with Crippen LogP contribution in [0.4, 0.5) is 0 Å². The van der Waals surface area contributed by atoms with Crippen molar-refractivity contribution in [3.05, 3.63) is 22.7 Å². The molecule has 1 aromatic carbocycles. The van der Waals surface area contributed by atoms with Crippen molar-refractivity contribution >= 4 is 29.1 Å². The van der Waals surface area contributed by atoms with Crippen LogP contribution in [0.5, 0.6) is 11.5 Å². The average Bonchev–Trinajstić information content (AvgIpc) is 2.38. The molecule has 0 aliphatic heterocycles. The highest BCUT2D eigenvalue weighted by Crippen LogP contribution is 2.33. The van der Waals surface area contributed by atoms with Crippen molar-refractivity contribution in [3.8, 4) is 11.5 Å². The Morgan fingerprint density at radius 3 is 2.50 bits per heavy atom. The zero-order valence-corrected chi connectivity index (χ0v) is 12.4. The Balaban J connectivity index is 2.93. The maximum Gasteiger partial charge on any atom is 0.176 e. The van der Waals surface area contributed by atoms with Gasteiger partial charge >= 0.3 is 0 Å². The third-order valence-electron chi connectivity index (χ3n) is 2.36. The smallest absolute Gasteiger partial charge is 0.176 e. The van der Waals surface area contributed by atoms with Crippen molar-refractivity contribution < 1.29 is 14.3 Å². The van der Waals surface area contributed by atoms with E-state index in [2.05, 4.69) is 6.92 Å². The normalized spacial score (nSPS) is 10.2. The lowest BCUT2D eigenvalue weighted by Crippen LogP contribution is -2.06. The lowest BCUT2D eigenvalue weighted by molar-refractivity contribution is 0.101. The van der Waals surface area contributed by atoms with E-state index >= 15 is 0 Å². The van der Waals surface area contributed by atoms with Gasteiger partial charge in [-0.3, -0.25) is 4.79 Å². The van der Waals surface area contributed by atoms with Gasteiger partial charge in [0.25, 0.3) is 0 Å². The number of benzene rings is 1. The summed E-state index contributed by atoms with van der Waals surface area (Å²) < 4.78 is 10.3. The third kappa shape index (κ3) is 3.82. The summed E-state index contributed by atoms with van der Waals surface area (Å²) in [5.41, 5.74) is 0.506. The molecule has 0 spiro atoms. The van der Waals surface area contributed by atoms with Gasteiger partial charge in [-0.05, 0) is 18.2 Å². The zero-order chi connectivity index (χ0) is 13.5. The fourth-order valence-electron chi connectivity index (χ4n) is 1.46. The number of carbonyl (C=O) groups is 1. The van der Waals surface area contributed by atoms with Crippen LogP contribution in [0.3, 0.4) is 0 Å². The summed E-state index contributed by atoms with van der Waals surface area (Å²) >= 11 is 7.64. The Bertz CT molecular complexity index is 421. The molecule has 0 amide bonds. The summed E-state index contributed by atoms with van der Waals surface area (Å²) in [6.45, 7) is 2.09. The number of Topliss-reactive ketones (excluding diaryl/α,β-unsaturated/α-hetero) is 1. The number of ketones is 1. The van der Waals surface area contributed by atoms with Crippen LogP contribution in [-0.2, 0) is 0 Å². The van der Waals surface area contributed by atoms with E-state index in [4.69, 9.17) is 21.1 Å². The standard InChI is InChI=1S/C13H17ClO3S/c1-4-5-18-8-11(15)9-6-10(14)13(17-3)7-12(9)16-2/h6-7H,4-5,8H2,1-3H3. The maximum atomic E-state index is 12.1. The summed E-state index contributed by atoms with van der Waals surface area (Å²) in [4.78, 5) is 12.1. The first-order valence-electron chi connectivity index (χ1n) is 5.66. The van der Waals surface area contributed by atoms with Crippen molar-refractivity contribution in [2.24, 2.45) is 0 Å². The quantitative estimate of drug-likeness (QED) is 0.566. The molecule has 0 aliphatic carbocycles. The highest BCUT2D eigenvalue weighted by molar-refractivity contribution is 7.99. The van der Waals surface area contributed by atoms with E-state index in [0.29, 0.717) is 27.8 Å². The molecule has 0 saturated heterocycles. The van der Waals surface area contributed by atoms with E-state index in [9.17, 15) is 4.79 Å². The molecule has 1 rings (SSSR count). The second-order valence-electron chi connectivity index (χ2n) is 3.66. The van der Waals surface area contributed by atoms with E-state index in [0.717, 1.165) is 12.2 Å². The van der Waals surface area contributed by atoms with Gasteiger partial charge in [-0.15, -0.1) is 0 Å². The molecular weight excluding hydrogens is 272 g/mol. The molecular formula is C13H17ClO3S. The van der Waals surface area contributed by atoms with Gasteiger partial charge in [0.05, 0.1) is 30.6 Å². The Hall–Kier alpha value is -0.870. The molecule has 5 heteroatoms. The molecule has 0 atom stereocenters. The van der Waals surface area contributed by atoms with Crippen LogP contribution in [0.1, 0.15) is 23.7 Å². The lowest BCUT2D eigenvalue weighted by Gasteiger charge is -2.11. The number of rotatable bonds is 7. The predicted molar refractivity (Wildman–Crippen MR) is 76.5 cm³/mol. The fraction of sp³-hybridized carbons (Fsp3) is 0.462. The highest BCUT2D eigenvalue weighted by atomic mass is 35.5. The summed E-state index contributed by atoms with van der Waals surface area (Å²) in [5.74, 6) is 2.43. The van der Waals surface area contributed by atoms with Crippen LogP contribution in [0.15, 0.2) is 12.1 Å². The highest BCUT2D eigenvalue weighted by Gasteiger charge is 2.16. The molecule has 100 valence electrons. The molecule has 0 saturated carbocycles. The third-order valence-corrected chi connectivity index (χ3v) is 3.81. The molecule has 0 fully saturated rings. The SMILES string of the molecule is CCCSCC(=O)c1cc(Cl)c(OC)cc1OC. The van der Waals surface area contributed by atoms with Gasteiger partial charge in [0, 0.05) is 6.07 Å². The number of hydrogen-bond acceptors (Lipinski definition) is 4. The minimum Gasteiger partial charge on any atom is -0.496 e. The number of thioether (sulfide) groups is 1. The molecule has 0 unspecified atom stereocenters. The molecule has 0 aromatic heterocycles. The van der Waals surface area contributed by atoms with Gasteiger partial charge in [-0.1, -0.05) is 18.5 Å². The van der Waals surface area contributed by atoms with Crippen LogP contribution < -0.4 is 9.47 Å². The van der Waals surface area contributed by atoms with Crippen molar-refractivity contribution in [1.82, 2.24) is 0 Å². The number of halogens is 1. The summed E-state index contributed by atoms with van der Waals surface area (Å²) in [5, 5.41) is 0.419. The largest absolute Gasteiger partial charge is 0.496 e. The Morgan fingerprint density at radius 1 is 1.28 bits per heavy atom.